The van der Waals surface area contributed by atoms with Crippen molar-refractivity contribution in [2.24, 2.45) is 0 Å². The molecule has 0 saturated carbocycles. The Morgan fingerprint density at radius 3 is 2.36 bits per heavy atom. The summed E-state index contributed by atoms with van der Waals surface area (Å²) in [5.74, 6) is -1.03. The quantitative estimate of drug-likeness (QED) is 0.814. The van der Waals surface area contributed by atoms with Crippen LogP contribution in [0.4, 0.5) is 0 Å². The van der Waals surface area contributed by atoms with Crippen molar-refractivity contribution in [2.75, 3.05) is 39.8 Å². The van der Waals surface area contributed by atoms with E-state index in [4.69, 9.17) is 0 Å². The van der Waals surface area contributed by atoms with Gasteiger partial charge in [0.15, 0.2) is 0 Å². The number of likely N-dealkylation sites (N-methyl/N-ethyl adjacent to an activating group) is 2. The van der Waals surface area contributed by atoms with Crippen molar-refractivity contribution >= 4 is 11.8 Å². The van der Waals surface area contributed by atoms with Gasteiger partial charge in [0.05, 0.1) is 0 Å². The van der Waals surface area contributed by atoms with Crippen molar-refractivity contribution in [3.8, 4) is 0 Å². The van der Waals surface area contributed by atoms with Crippen LogP contribution in [0.5, 0.6) is 0 Å². The zero-order valence-electron chi connectivity index (χ0n) is 13.3. The zero-order valence-corrected chi connectivity index (χ0v) is 13.3. The van der Waals surface area contributed by atoms with Crippen molar-refractivity contribution < 1.29 is 9.59 Å². The maximum absolute atomic E-state index is 12.3. The summed E-state index contributed by atoms with van der Waals surface area (Å²) in [4.78, 5) is 28.2. The molecular formula is C16H24N4O2. The van der Waals surface area contributed by atoms with Crippen LogP contribution in [0.3, 0.4) is 0 Å². The molecule has 1 heterocycles. The molecule has 0 spiro atoms. The smallest absolute Gasteiger partial charge is 0.323 e. The molecule has 0 atom stereocenters. The van der Waals surface area contributed by atoms with Crippen LogP contribution in [0.25, 0.3) is 0 Å². The van der Waals surface area contributed by atoms with Gasteiger partial charge < -0.3 is 9.80 Å². The third-order valence-electron chi connectivity index (χ3n) is 3.84. The maximum Gasteiger partial charge on any atom is 0.323 e. The van der Waals surface area contributed by atoms with Gasteiger partial charge in [0.1, 0.15) is 0 Å². The third-order valence-corrected chi connectivity index (χ3v) is 3.84. The topological polar surface area (TPSA) is 55.9 Å². The molecule has 2 amide bonds. The van der Waals surface area contributed by atoms with Gasteiger partial charge in [0.25, 0.3) is 0 Å². The number of hydrogen-bond donors (Lipinski definition) is 1. The number of carbonyl (C=O) groups is 2. The molecule has 6 heteroatoms. The molecule has 0 bridgehead atoms. The first kappa shape index (κ1) is 16.5. The normalized spacial score (nSPS) is 16.3. The molecular weight excluding hydrogens is 280 g/mol. The van der Waals surface area contributed by atoms with Gasteiger partial charge in [-0.05, 0) is 19.5 Å². The van der Waals surface area contributed by atoms with Gasteiger partial charge in [-0.1, -0.05) is 30.3 Å². The number of hydrogen-bond acceptors (Lipinski definition) is 4. The third kappa shape index (κ3) is 4.54. The van der Waals surface area contributed by atoms with E-state index in [-0.39, 0.29) is 0 Å². The van der Waals surface area contributed by atoms with Crippen molar-refractivity contribution in [3.63, 3.8) is 0 Å². The predicted molar refractivity (Wildman–Crippen MR) is 84.7 cm³/mol. The Kier molecular flexibility index (Phi) is 5.91. The second-order valence-corrected chi connectivity index (χ2v) is 5.54. The fraction of sp³-hybridized carbons (Fsp3) is 0.500. The lowest BCUT2D eigenvalue weighted by Gasteiger charge is -2.32. The summed E-state index contributed by atoms with van der Waals surface area (Å²) in [5.41, 5.74) is 3.73. The van der Waals surface area contributed by atoms with E-state index in [1.165, 1.54) is 0 Å². The van der Waals surface area contributed by atoms with Crippen LogP contribution >= 0.6 is 0 Å². The molecule has 1 fully saturated rings. The van der Waals surface area contributed by atoms with Crippen LogP contribution in [-0.4, -0.2) is 66.4 Å². The summed E-state index contributed by atoms with van der Waals surface area (Å²) in [6.45, 7) is 6.08. The highest BCUT2D eigenvalue weighted by atomic mass is 16.2. The number of nitrogens with one attached hydrogen (secondary N) is 1. The van der Waals surface area contributed by atoms with E-state index in [2.05, 4.69) is 10.3 Å². The standard InChI is InChI=1S/C16H24N4O2/c1-3-19(13-14-7-5-4-6-8-14)16(22)15(21)17-20-11-9-18(2)10-12-20/h4-8H,3,9-13H2,1-2H3,(H,17,21). The molecule has 22 heavy (non-hydrogen) atoms. The Balaban J connectivity index is 1.89. The predicted octanol–water partition coefficient (Wildman–Crippen LogP) is 0.314. The maximum atomic E-state index is 12.3. The number of rotatable bonds is 4. The first-order valence-corrected chi connectivity index (χ1v) is 7.67. The highest BCUT2D eigenvalue weighted by Gasteiger charge is 2.24. The van der Waals surface area contributed by atoms with Gasteiger partial charge in [-0.25, -0.2) is 5.01 Å². The Labute approximate surface area is 131 Å². The van der Waals surface area contributed by atoms with Crippen LogP contribution in [0, 0.1) is 0 Å². The summed E-state index contributed by atoms with van der Waals surface area (Å²) in [6, 6.07) is 9.69. The SMILES string of the molecule is CCN(Cc1ccccc1)C(=O)C(=O)NN1CCN(C)CC1. The van der Waals surface area contributed by atoms with Crippen molar-refractivity contribution in [1.29, 1.82) is 0 Å². The molecule has 0 aliphatic carbocycles. The van der Waals surface area contributed by atoms with E-state index >= 15 is 0 Å². The average molecular weight is 304 g/mol. The second-order valence-electron chi connectivity index (χ2n) is 5.54. The van der Waals surface area contributed by atoms with Crippen LogP contribution in [0.1, 0.15) is 12.5 Å². The van der Waals surface area contributed by atoms with Crippen molar-refractivity contribution in [3.05, 3.63) is 35.9 Å². The second kappa shape index (κ2) is 7.91. The van der Waals surface area contributed by atoms with Crippen molar-refractivity contribution in [1.82, 2.24) is 20.2 Å². The lowest BCUT2D eigenvalue weighted by Crippen LogP contribution is -2.55. The molecule has 0 aromatic heterocycles. The Morgan fingerprint density at radius 1 is 1.14 bits per heavy atom. The van der Waals surface area contributed by atoms with E-state index in [0.717, 1.165) is 31.7 Å². The molecule has 6 nitrogen and oxygen atoms in total. The fourth-order valence-corrected chi connectivity index (χ4v) is 2.38. The van der Waals surface area contributed by atoms with E-state index < -0.39 is 11.8 Å². The largest absolute Gasteiger partial charge is 0.330 e. The lowest BCUT2D eigenvalue weighted by molar-refractivity contribution is -0.149. The van der Waals surface area contributed by atoms with E-state index in [0.29, 0.717) is 13.1 Å². The monoisotopic (exact) mass is 304 g/mol. The number of piperazine rings is 1. The molecule has 0 unspecified atom stereocenters. The fourth-order valence-electron chi connectivity index (χ4n) is 2.38. The summed E-state index contributed by atoms with van der Waals surface area (Å²) in [5, 5.41) is 1.82. The van der Waals surface area contributed by atoms with Gasteiger partial charge in [0, 0.05) is 39.3 Å². The van der Waals surface area contributed by atoms with Gasteiger partial charge >= 0.3 is 11.8 Å². The minimum absolute atomic E-state index is 0.451. The first-order valence-electron chi connectivity index (χ1n) is 7.67. The molecule has 1 aromatic rings. The molecule has 1 N–H and O–H groups in total. The molecule has 1 aliphatic rings. The highest BCUT2D eigenvalue weighted by molar-refractivity contribution is 6.34. The molecule has 1 aliphatic heterocycles. The van der Waals surface area contributed by atoms with Crippen molar-refractivity contribution in [2.45, 2.75) is 13.5 Å². The number of nitrogens with zero attached hydrogens (tertiary/aromatic N) is 3. The summed E-state index contributed by atoms with van der Waals surface area (Å²) >= 11 is 0. The number of amides is 2. The Hall–Kier alpha value is -1.92. The summed E-state index contributed by atoms with van der Waals surface area (Å²) in [6.07, 6.45) is 0. The van der Waals surface area contributed by atoms with Crippen LogP contribution in [0.15, 0.2) is 30.3 Å². The highest BCUT2D eigenvalue weighted by Crippen LogP contribution is 2.05. The summed E-state index contributed by atoms with van der Waals surface area (Å²) < 4.78 is 0. The Morgan fingerprint density at radius 2 is 1.77 bits per heavy atom. The van der Waals surface area contributed by atoms with Gasteiger partial charge in [-0.15, -0.1) is 0 Å². The van der Waals surface area contributed by atoms with E-state index in [1.54, 1.807) is 4.90 Å². The van der Waals surface area contributed by atoms with Gasteiger partial charge in [-0.2, -0.15) is 0 Å². The average Bonchev–Trinajstić information content (AvgIpc) is 2.55. The molecule has 1 aromatic carbocycles. The van der Waals surface area contributed by atoms with E-state index in [1.807, 2.05) is 49.3 Å². The minimum atomic E-state index is -0.553. The zero-order chi connectivity index (χ0) is 15.9. The Bertz CT molecular complexity index is 498. The molecule has 1 saturated heterocycles. The van der Waals surface area contributed by atoms with Crippen LogP contribution in [-0.2, 0) is 16.1 Å². The van der Waals surface area contributed by atoms with Gasteiger partial charge in [0.2, 0.25) is 0 Å². The first-order chi connectivity index (χ1) is 10.6. The number of hydrazine groups is 1. The molecule has 2 rings (SSSR count). The molecule has 0 radical (unpaired) electrons. The summed E-state index contributed by atoms with van der Waals surface area (Å²) in [7, 11) is 2.04. The van der Waals surface area contributed by atoms with Gasteiger partial charge in [-0.3, -0.25) is 15.0 Å². The lowest BCUT2D eigenvalue weighted by atomic mass is 10.2. The van der Waals surface area contributed by atoms with E-state index in [9.17, 15) is 9.59 Å². The van der Waals surface area contributed by atoms with Crippen LogP contribution in [0.2, 0.25) is 0 Å². The molecule has 120 valence electrons. The minimum Gasteiger partial charge on any atom is -0.330 e. The van der Waals surface area contributed by atoms with Crippen LogP contribution < -0.4 is 5.43 Å². The number of benzene rings is 1. The number of carbonyl (C=O) groups excluding carboxylic acids is 2.